The van der Waals surface area contributed by atoms with Gasteiger partial charge in [0.05, 0.1) is 23.8 Å². The second kappa shape index (κ2) is 6.69. The highest BCUT2D eigenvalue weighted by atomic mass is 32.1. The van der Waals surface area contributed by atoms with E-state index >= 15 is 0 Å². The van der Waals surface area contributed by atoms with E-state index in [9.17, 15) is 9.59 Å². The second-order valence-electron chi connectivity index (χ2n) is 4.96. The van der Waals surface area contributed by atoms with Crippen LogP contribution in [0.2, 0.25) is 0 Å². The van der Waals surface area contributed by atoms with Crippen LogP contribution in [0.5, 0.6) is 0 Å². The summed E-state index contributed by atoms with van der Waals surface area (Å²) in [5, 5.41) is 5.58. The van der Waals surface area contributed by atoms with Gasteiger partial charge in [0.15, 0.2) is 0 Å². The Morgan fingerprint density at radius 3 is 2.75 bits per heavy atom. The summed E-state index contributed by atoms with van der Waals surface area (Å²) >= 11 is 1.56. The number of nitrogens with zero attached hydrogens (tertiary/aromatic N) is 3. The van der Waals surface area contributed by atoms with Gasteiger partial charge in [0, 0.05) is 25.5 Å². The molecule has 0 aliphatic carbocycles. The Hall–Kier alpha value is -1.63. The second-order valence-corrected chi connectivity index (χ2v) is 6.02. The number of urea groups is 1. The van der Waals surface area contributed by atoms with Crippen molar-refractivity contribution in [3.05, 3.63) is 16.1 Å². The van der Waals surface area contributed by atoms with Crippen molar-refractivity contribution in [3.63, 3.8) is 0 Å². The number of amides is 3. The molecule has 2 rings (SSSR count). The predicted octanol–water partition coefficient (Wildman–Crippen LogP) is 1.22. The molecule has 0 spiro atoms. The van der Waals surface area contributed by atoms with E-state index < -0.39 is 0 Å². The van der Waals surface area contributed by atoms with Crippen LogP contribution in [0.3, 0.4) is 0 Å². The molecule has 0 bridgehead atoms. The molecule has 1 aliphatic rings. The van der Waals surface area contributed by atoms with Crippen LogP contribution in [0.15, 0.2) is 5.38 Å². The van der Waals surface area contributed by atoms with E-state index in [2.05, 4.69) is 10.3 Å². The predicted molar refractivity (Wildman–Crippen MR) is 77.5 cm³/mol. The Labute approximate surface area is 122 Å². The molecule has 0 atom stereocenters. The zero-order valence-corrected chi connectivity index (χ0v) is 12.7. The molecular weight excluding hydrogens is 276 g/mol. The van der Waals surface area contributed by atoms with Crippen molar-refractivity contribution >= 4 is 23.3 Å². The van der Waals surface area contributed by atoms with Gasteiger partial charge in [-0.3, -0.25) is 4.79 Å². The van der Waals surface area contributed by atoms with E-state index in [1.807, 2.05) is 12.3 Å². The topological polar surface area (TPSA) is 65.5 Å². The molecule has 1 fully saturated rings. The molecule has 2 heterocycles. The Bertz CT molecular complexity index is 482. The molecule has 1 aliphatic heterocycles. The van der Waals surface area contributed by atoms with Crippen molar-refractivity contribution < 1.29 is 9.59 Å². The number of likely N-dealkylation sites (tertiary alicyclic amines) is 1. The largest absolute Gasteiger partial charge is 0.341 e. The molecule has 1 aromatic heterocycles. The molecule has 0 aromatic carbocycles. The van der Waals surface area contributed by atoms with Gasteiger partial charge in [0.2, 0.25) is 5.91 Å². The fourth-order valence-electron chi connectivity index (χ4n) is 2.16. The van der Waals surface area contributed by atoms with Gasteiger partial charge in [0.25, 0.3) is 0 Å². The molecule has 110 valence electrons. The van der Waals surface area contributed by atoms with Gasteiger partial charge in [0.1, 0.15) is 0 Å². The quantitative estimate of drug-likeness (QED) is 0.908. The lowest BCUT2D eigenvalue weighted by atomic mass is 10.4. The minimum Gasteiger partial charge on any atom is -0.341 e. The van der Waals surface area contributed by atoms with Gasteiger partial charge < -0.3 is 15.1 Å². The summed E-state index contributed by atoms with van der Waals surface area (Å²) in [5.41, 5.74) is 0.871. The van der Waals surface area contributed by atoms with Gasteiger partial charge in [-0.15, -0.1) is 11.3 Å². The van der Waals surface area contributed by atoms with E-state index in [4.69, 9.17) is 0 Å². The number of nitrogens with one attached hydrogen (secondary N) is 1. The van der Waals surface area contributed by atoms with Crippen LogP contribution in [0.4, 0.5) is 4.79 Å². The van der Waals surface area contributed by atoms with Crippen molar-refractivity contribution in [3.8, 4) is 0 Å². The molecule has 1 N–H and O–H groups in total. The third-order valence-electron chi connectivity index (χ3n) is 3.26. The van der Waals surface area contributed by atoms with Crippen LogP contribution in [0.25, 0.3) is 0 Å². The molecule has 20 heavy (non-hydrogen) atoms. The molecule has 0 saturated carbocycles. The molecular formula is C13H20N4O2S. The van der Waals surface area contributed by atoms with Gasteiger partial charge in [-0.1, -0.05) is 0 Å². The Balaban J connectivity index is 1.74. The highest BCUT2D eigenvalue weighted by molar-refractivity contribution is 7.09. The Kier molecular flexibility index (Phi) is 4.94. The van der Waals surface area contributed by atoms with E-state index in [0.717, 1.165) is 36.6 Å². The Morgan fingerprint density at radius 2 is 2.15 bits per heavy atom. The van der Waals surface area contributed by atoms with Gasteiger partial charge in [-0.2, -0.15) is 0 Å². The standard InChI is InChI=1S/C13H20N4O2S/c1-10-15-11(9-20-10)8-16(2)13(19)14-7-12(18)17-5-3-4-6-17/h9H,3-8H2,1-2H3,(H,14,19). The molecule has 7 heteroatoms. The number of hydrogen-bond donors (Lipinski definition) is 1. The summed E-state index contributed by atoms with van der Waals surface area (Å²) in [6, 6.07) is -0.247. The number of thiazole rings is 1. The first-order valence-electron chi connectivity index (χ1n) is 6.74. The zero-order valence-electron chi connectivity index (χ0n) is 11.9. The fourth-order valence-corrected chi connectivity index (χ4v) is 2.76. The van der Waals surface area contributed by atoms with Crippen LogP contribution < -0.4 is 5.32 Å². The monoisotopic (exact) mass is 296 g/mol. The van der Waals surface area contributed by atoms with Crippen molar-refractivity contribution in [1.82, 2.24) is 20.1 Å². The van der Waals surface area contributed by atoms with Crippen molar-refractivity contribution in [2.45, 2.75) is 26.3 Å². The Morgan fingerprint density at radius 1 is 1.45 bits per heavy atom. The number of aryl methyl sites for hydroxylation is 1. The maximum absolute atomic E-state index is 11.9. The molecule has 1 saturated heterocycles. The minimum absolute atomic E-state index is 0.00578. The number of aromatic nitrogens is 1. The fraction of sp³-hybridized carbons (Fsp3) is 0.615. The summed E-state index contributed by atoms with van der Waals surface area (Å²) in [4.78, 5) is 31.4. The summed E-state index contributed by atoms with van der Waals surface area (Å²) in [6.07, 6.45) is 2.12. The molecule has 3 amide bonds. The SMILES string of the molecule is Cc1nc(CN(C)C(=O)NCC(=O)N2CCCC2)cs1. The molecule has 0 unspecified atom stereocenters. The minimum atomic E-state index is -0.247. The van der Waals surface area contributed by atoms with Crippen LogP contribution >= 0.6 is 11.3 Å². The summed E-state index contributed by atoms with van der Waals surface area (Å²) < 4.78 is 0. The molecule has 6 nitrogen and oxygen atoms in total. The third kappa shape index (κ3) is 3.93. The first-order chi connectivity index (χ1) is 9.56. The maximum atomic E-state index is 11.9. The number of carbonyl (C=O) groups excluding carboxylic acids is 2. The van der Waals surface area contributed by atoms with Crippen LogP contribution in [-0.4, -0.2) is 53.4 Å². The smallest absolute Gasteiger partial charge is 0.317 e. The molecule has 0 radical (unpaired) electrons. The lowest BCUT2D eigenvalue weighted by Crippen LogP contribution is -2.43. The van der Waals surface area contributed by atoms with Crippen molar-refractivity contribution in [1.29, 1.82) is 0 Å². The normalized spacial score (nSPS) is 14.4. The molecule has 1 aromatic rings. The van der Waals surface area contributed by atoms with Gasteiger partial charge in [-0.25, -0.2) is 9.78 Å². The lowest BCUT2D eigenvalue weighted by Gasteiger charge is -2.19. The highest BCUT2D eigenvalue weighted by Crippen LogP contribution is 2.10. The van der Waals surface area contributed by atoms with E-state index in [0.29, 0.717) is 6.54 Å². The highest BCUT2D eigenvalue weighted by Gasteiger charge is 2.19. The van der Waals surface area contributed by atoms with E-state index in [1.54, 1.807) is 23.3 Å². The number of hydrogen-bond acceptors (Lipinski definition) is 4. The van der Waals surface area contributed by atoms with Gasteiger partial charge in [-0.05, 0) is 19.8 Å². The summed E-state index contributed by atoms with van der Waals surface area (Å²) in [6.45, 7) is 4.07. The van der Waals surface area contributed by atoms with Crippen molar-refractivity contribution in [2.75, 3.05) is 26.7 Å². The van der Waals surface area contributed by atoms with E-state index in [1.165, 1.54) is 4.90 Å². The van der Waals surface area contributed by atoms with Gasteiger partial charge >= 0.3 is 6.03 Å². The lowest BCUT2D eigenvalue weighted by molar-refractivity contribution is -0.129. The summed E-state index contributed by atoms with van der Waals surface area (Å²) in [5.74, 6) is -0.00578. The van der Waals surface area contributed by atoms with Crippen LogP contribution in [-0.2, 0) is 11.3 Å². The average molecular weight is 296 g/mol. The zero-order chi connectivity index (χ0) is 14.5. The third-order valence-corrected chi connectivity index (χ3v) is 4.08. The number of rotatable bonds is 4. The average Bonchev–Trinajstić information content (AvgIpc) is 3.07. The first-order valence-corrected chi connectivity index (χ1v) is 7.62. The first kappa shape index (κ1) is 14.8. The maximum Gasteiger partial charge on any atom is 0.317 e. The summed E-state index contributed by atoms with van der Waals surface area (Å²) in [7, 11) is 1.70. The van der Waals surface area contributed by atoms with Crippen LogP contribution in [0, 0.1) is 6.92 Å². The van der Waals surface area contributed by atoms with E-state index in [-0.39, 0.29) is 18.5 Å². The van der Waals surface area contributed by atoms with Crippen molar-refractivity contribution in [2.24, 2.45) is 0 Å². The number of carbonyl (C=O) groups is 2. The van der Waals surface area contributed by atoms with Crippen LogP contribution in [0.1, 0.15) is 23.5 Å².